The molecule has 0 aliphatic heterocycles. The van der Waals surface area contributed by atoms with Gasteiger partial charge in [-0.05, 0) is 35.7 Å². The second kappa shape index (κ2) is 7.43. The van der Waals surface area contributed by atoms with E-state index < -0.39 is 6.04 Å². The van der Waals surface area contributed by atoms with Crippen LogP contribution in [-0.2, 0) is 16.0 Å². The highest BCUT2D eigenvalue weighted by Gasteiger charge is 2.19. The Morgan fingerprint density at radius 2 is 2.17 bits per heavy atom. The molecule has 0 spiro atoms. The highest BCUT2D eigenvalue weighted by molar-refractivity contribution is 7.80. The first kappa shape index (κ1) is 15.0. The van der Waals surface area contributed by atoms with Gasteiger partial charge in [0.15, 0.2) is 0 Å². The second-order valence-corrected chi connectivity index (χ2v) is 5.33. The Hall–Kier alpha value is -1.01. The maximum Gasteiger partial charge on any atom is 0.243 e. The Bertz CT molecular complexity index is 393. The molecular formula is C12H18N2O2S2. The molecule has 4 nitrogen and oxygen atoms in total. The number of hydrogen-bond acceptors (Lipinski definition) is 4. The van der Waals surface area contributed by atoms with Crippen LogP contribution >= 0.6 is 24.0 Å². The van der Waals surface area contributed by atoms with E-state index >= 15 is 0 Å². The van der Waals surface area contributed by atoms with E-state index in [1.165, 1.54) is 12.5 Å². The van der Waals surface area contributed by atoms with Gasteiger partial charge in [0.05, 0.1) is 0 Å². The van der Waals surface area contributed by atoms with Crippen LogP contribution in [0.3, 0.4) is 0 Å². The van der Waals surface area contributed by atoms with Gasteiger partial charge in [0.25, 0.3) is 0 Å². The van der Waals surface area contributed by atoms with Crippen LogP contribution in [0.4, 0.5) is 0 Å². The fraction of sp³-hybridized carbons (Fsp3) is 0.500. The first-order valence-electron chi connectivity index (χ1n) is 5.72. The molecule has 0 bridgehead atoms. The van der Waals surface area contributed by atoms with E-state index in [2.05, 4.69) is 28.6 Å². The molecule has 18 heavy (non-hydrogen) atoms. The zero-order valence-corrected chi connectivity index (χ0v) is 12.2. The Balaban J connectivity index is 2.44. The van der Waals surface area contributed by atoms with Gasteiger partial charge in [0.1, 0.15) is 6.04 Å². The average Bonchev–Trinajstić information content (AvgIpc) is 2.77. The van der Waals surface area contributed by atoms with Crippen molar-refractivity contribution in [3.63, 3.8) is 0 Å². The van der Waals surface area contributed by atoms with Gasteiger partial charge in [0, 0.05) is 18.7 Å². The lowest BCUT2D eigenvalue weighted by molar-refractivity contribution is -0.127. The first-order valence-corrected chi connectivity index (χ1v) is 7.30. The van der Waals surface area contributed by atoms with E-state index in [0.29, 0.717) is 0 Å². The molecule has 2 N–H and O–H groups in total. The Morgan fingerprint density at radius 1 is 1.44 bits per heavy atom. The van der Waals surface area contributed by atoms with Crippen molar-refractivity contribution in [2.45, 2.75) is 32.4 Å². The number of carbonyl (C=O) groups excluding carboxylic acids is 2. The number of thiophene rings is 1. The lowest BCUT2D eigenvalue weighted by Crippen LogP contribution is -2.50. The van der Waals surface area contributed by atoms with Crippen molar-refractivity contribution >= 4 is 35.8 Å². The summed E-state index contributed by atoms with van der Waals surface area (Å²) in [6, 6.07) is 1.50. The Labute approximate surface area is 117 Å². The van der Waals surface area contributed by atoms with Crippen molar-refractivity contribution < 1.29 is 9.59 Å². The number of hydrogen-bond donors (Lipinski definition) is 3. The molecule has 0 aliphatic rings. The van der Waals surface area contributed by atoms with Gasteiger partial charge in [-0.2, -0.15) is 24.0 Å². The fourth-order valence-electron chi connectivity index (χ4n) is 1.60. The summed E-state index contributed by atoms with van der Waals surface area (Å²) in [6.07, 6.45) is 0.786. The van der Waals surface area contributed by atoms with E-state index in [-0.39, 0.29) is 23.6 Å². The summed E-state index contributed by atoms with van der Waals surface area (Å²) in [5.74, 6) is -0.131. The molecule has 0 aromatic carbocycles. The van der Waals surface area contributed by atoms with E-state index in [9.17, 15) is 9.59 Å². The largest absolute Gasteiger partial charge is 0.352 e. The van der Waals surface area contributed by atoms with Gasteiger partial charge in [-0.15, -0.1) is 0 Å². The molecule has 2 amide bonds. The summed E-state index contributed by atoms with van der Waals surface area (Å²) >= 11 is 5.70. The van der Waals surface area contributed by atoms with Crippen LogP contribution < -0.4 is 10.6 Å². The van der Waals surface area contributed by atoms with Crippen LogP contribution in [-0.4, -0.2) is 29.7 Å². The molecule has 100 valence electrons. The normalized spacial score (nSPS) is 13.7. The van der Waals surface area contributed by atoms with Gasteiger partial charge in [0.2, 0.25) is 11.8 Å². The zero-order chi connectivity index (χ0) is 13.5. The van der Waals surface area contributed by atoms with Gasteiger partial charge in [-0.3, -0.25) is 9.59 Å². The summed E-state index contributed by atoms with van der Waals surface area (Å²) in [6.45, 7) is 3.33. The highest BCUT2D eigenvalue weighted by Crippen LogP contribution is 2.08. The van der Waals surface area contributed by atoms with Crippen molar-refractivity contribution in [3.05, 3.63) is 22.4 Å². The molecule has 1 aromatic rings. The lowest BCUT2D eigenvalue weighted by Gasteiger charge is -2.19. The molecule has 0 saturated heterocycles. The smallest absolute Gasteiger partial charge is 0.243 e. The summed E-state index contributed by atoms with van der Waals surface area (Å²) in [4.78, 5) is 22.8. The van der Waals surface area contributed by atoms with Gasteiger partial charge >= 0.3 is 0 Å². The van der Waals surface area contributed by atoms with E-state index in [1.807, 2.05) is 18.4 Å². The third kappa shape index (κ3) is 5.10. The summed E-state index contributed by atoms with van der Waals surface area (Å²) in [5.41, 5.74) is 1.20. The van der Waals surface area contributed by atoms with Crippen LogP contribution in [0.1, 0.15) is 19.4 Å². The van der Waals surface area contributed by atoms with Gasteiger partial charge in [-0.25, -0.2) is 0 Å². The zero-order valence-electron chi connectivity index (χ0n) is 10.5. The predicted octanol–water partition coefficient (Wildman–Crippen LogP) is 1.23. The van der Waals surface area contributed by atoms with Crippen LogP contribution in [0.15, 0.2) is 16.8 Å². The maximum absolute atomic E-state index is 11.9. The van der Waals surface area contributed by atoms with Gasteiger partial charge < -0.3 is 10.6 Å². The molecule has 6 heteroatoms. The van der Waals surface area contributed by atoms with E-state index in [1.54, 1.807) is 11.3 Å². The molecular weight excluding hydrogens is 268 g/mol. The minimum Gasteiger partial charge on any atom is -0.352 e. The van der Waals surface area contributed by atoms with Crippen molar-refractivity contribution in [2.24, 2.45) is 0 Å². The van der Waals surface area contributed by atoms with Crippen LogP contribution in [0, 0.1) is 0 Å². The standard InChI is InChI=1S/C12H18N2O2S2/c1-8(5-10-3-4-18-7-10)13-12(16)11(6-17)14-9(2)15/h3-4,7-8,11,17H,5-6H2,1-2H3,(H,13,16)(H,14,15). The SMILES string of the molecule is CC(=O)NC(CS)C(=O)NC(C)Cc1ccsc1. The quantitative estimate of drug-likeness (QED) is 0.689. The van der Waals surface area contributed by atoms with E-state index in [4.69, 9.17) is 0 Å². The van der Waals surface area contributed by atoms with Crippen molar-refractivity contribution in [2.75, 3.05) is 5.75 Å². The number of nitrogens with one attached hydrogen (secondary N) is 2. The first-order chi connectivity index (χ1) is 8.52. The highest BCUT2D eigenvalue weighted by atomic mass is 32.1. The second-order valence-electron chi connectivity index (χ2n) is 4.18. The third-order valence-corrected chi connectivity index (χ3v) is 3.48. The number of rotatable bonds is 6. The lowest BCUT2D eigenvalue weighted by atomic mass is 10.1. The Morgan fingerprint density at radius 3 is 2.67 bits per heavy atom. The topological polar surface area (TPSA) is 58.2 Å². The minimum absolute atomic E-state index is 0.0308. The number of amides is 2. The summed E-state index contributed by atoms with van der Waals surface area (Å²) in [7, 11) is 0. The molecule has 1 aromatic heterocycles. The van der Waals surface area contributed by atoms with Crippen LogP contribution in [0.2, 0.25) is 0 Å². The fourth-order valence-corrected chi connectivity index (χ4v) is 2.53. The summed E-state index contributed by atoms with van der Waals surface area (Å²) < 4.78 is 0. The molecule has 2 unspecified atom stereocenters. The predicted molar refractivity (Wildman–Crippen MR) is 77.1 cm³/mol. The van der Waals surface area contributed by atoms with Crippen LogP contribution in [0.25, 0.3) is 0 Å². The molecule has 0 radical (unpaired) electrons. The van der Waals surface area contributed by atoms with E-state index in [0.717, 1.165) is 6.42 Å². The van der Waals surface area contributed by atoms with Crippen molar-refractivity contribution in [1.29, 1.82) is 0 Å². The maximum atomic E-state index is 11.9. The van der Waals surface area contributed by atoms with Crippen molar-refractivity contribution in [3.8, 4) is 0 Å². The Kier molecular flexibility index (Phi) is 6.21. The number of thiol groups is 1. The van der Waals surface area contributed by atoms with Crippen LogP contribution in [0.5, 0.6) is 0 Å². The molecule has 0 saturated carbocycles. The molecule has 0 fully saturated rings. The summed E-state index contributed by atoms with van der Waals surface area (Å²) in [5, 5.41) is 9.52. The molecule has 1 heterocycles. The molecule has 2 atom stereocenters. The molecule has 1 rings (SSSR count). The monoisotopic (exact) mass is 286 g/mol. The van der Waals surface area contributed by atoms with Crippen molar-refractivity contribution in [1.82, 2.24) is 10.6 Å². The van der Waals surface area contributed by atoms with Gasteiger partial charge in [-0.1, -0.05) is 0 Å². The minimum atomic E-state index is -0.573. The number of carbonyl (C=O) groups is 2. The molecule has 0 aliphatic carbocycles. The average molecular weight is 286 g/mol. The third-order valence-electron chi connectivity index (χ3n) is 2.39.